The average molecular weight is 452 g/mol. The molecule has 0 amide bonds. The van der Waals surface area contributed by atoms with E-state index >= 15 is 0 Å². The van der Waals surface area contributed by atoms with Crippen LogP contribution < -0.4 is 0 Å². The maximum atomic E-state index is 5.65. The number of allylic oxidation sites excluding steroid dienone is 5. The van der Waals surface area contributed by atoms with Gasteiger partial charge in [-0.15, -0.1) is 6.42 Å². The summed E-state index contributed by atoms with van der Waals surface area (Å²) in [6.07, 6.45) is 18.7. The lowest BCUT2D eigenvalue weighted by Gasteiger charge is -2.16. The molecule has 0 saturated carbocycles. The third-order valence-electron chi connectivity index (χ3n) is 6.12. The van der Waals surface area contributed by atoms with Crippen molar-refractivity contribution in [2.24, 2.45) is 0 Å². The zero-order chi connectivity index (χ0) is 24.0. The minimum absolute atomic E-state index is 0.237. The number of aryl methyl sites for hydroxylation is 1. The smallest absolute Gasteiger partial charge is 0.160 e. The number of aromatic nitrogens is 3. The van der Waals surface area contributed by atoms with E-state index in [1.165, 1.54) is 0 Å². The standard InChI is InChI=1S/C32H25N3/c1-3-11-28(31-23(2)12-10-21-33-31)24-17-19-27(20-18-24)32-34-29(25-13-6-4-7-14-25)22-30(35-32)26-15-8-5-9-16-26/h1,4-15,17-22,26H,16H2,2H3. The van der Waals surface area contributed by atoms with Gasteiger partial charge in [-0.2, -0.15) is 0 Å². The highest BCUT2D eigenvalue weighted by Gasteiger charge is 2.16. The van der Waals surface area contributed by atoms with E-state index in [0.29, 0.717) is 5.82 Å². The fourth-order valence-electron chi connectivity index (χ4n) is 4.28. The van der Waals surface area contributed by atoms with Crippen LogP contribution in [0.1, 0.15) is 34.9 Å². The van der Waals surface area contributed by atoms with Crippen LogP contribution in [0.3, 0.4) is 0 Å². The molecule has 0 radical (unpaired) electrons. The zero-order valence-electron chi connectivity index (χ0n) is 19.6. The molecule has 1 unspecified atom stereocenters. The van der Waals surface area contributed by atoms with Crippen LogP contribution in [0, 0.1) is 19.3 Å². The predicted molar refractivity (Wildman–Crippen MR) is 143 cm³/mol. The molecule has 0 saturated heterocycles. The molecule has 0 spiro atoms. The van der Waals surface area contributed by atoms with Crippen LogP contribution in [0.4, 0.5) is 0 Å². The third-order valence-corrected chi connectivity index (χ3v) is 6.12. The number of hydrogen-bond acceptors (Lipinski definition) is 3. The monoisotopic (exact) mass is 451 g/mol. The molecule has 5 rings (SSSR count). The van der Waals surface area contributed by atoms with Crippen LogP contribution >= 0.6 is 0 Å². The Balaban J connectivity index is 1.56. The lowest BCUT2D eigenvalue weighted by molar-refractivity contribution is 0.811. The number of benzene rings is 2. The summed E-state index contributed by atoms with van der Waals surface area (Å²) in [4.78, 5) is 14.5. The molecular formula is C32H25N3. The van der Waals surface area contributed by atoms with E-state index in [1.807, 2.05) is 37.3 Å². The number of hydrogen-bond donors (Lipinski definition) is 0. The molecule has 1 aliphatic rings. The van der Waals surface area contributed by atoms with Gasteiger partial charge in [0.15, 0.2) is 5.82 Å². The predicted octanol–water partition coefficient (Wildman–Crippen LogP) is 7.18. The first-order valence-corrected chi connectivity index (χ1v) is 11.7. The van der Waals surface area contributed by atoms with Crippen molar-refractivity contribution in [1.82, 2.24) is 15.0 Å². The maximum Gasteiger partial charge on any atom is 0.160 e. The molecule has 0 N–H and O–H groups in total. The van der Waals surface area contributed by atoms with Crippen LogP contribution in [0.2, 0.25) is 0 Å². The minimum Gasteiger partial charge on any atom is -0.256 e. The van der Waals surface area contributed by atoms with Gasteiger partial charge < -0.3 is 0 Å². The number of terminal acetylenes is 1. The first-order chi connectivity index (χ1) is 17.2. The van der Waals surface area contributed by atoms with Gasteiger partial charge in [0.25, 0.3) is 0 Å². The molecule has 35 heavy (non-hydrogen) atoms. The van der Waals surface area contributed by atoms with E-state index in [-0.39, 0.29) is 5.92 Å². The van der Waals surface area contributed by atoms with E-state index in [0.717, 1.165) is 51.3 Å². The molecule has 1 aliphatic carbocycles. The molecule has 0 aliphatic heterocycles. The van der Waals surface area contributed by atoms with Gasteiger partial charge in [-0.3, -0.25) is 4.98 Å². The molecule has 0 fully saturated rings. The number of rotatable bonds is 5. The second-order valence-corrected chi connectivity index (χ2v) is 8.49. The first kappa shape index (κ1) is 22.3. The van der Waals surface area contributed by atoms with E-state index in [9.17, 15) is 0 Å². The van der Waals surface area contributed by atoms with Gasteiger partial charge in [0.05, 0.1) is 17.1 Å². The van der Waals surface area contributed by atoms with Gasteiger partial charge in [0, 0.05) is 28.8 Å². The summed E-state index contributed by atoms with van der Waals surface area (Å²) in [5.74, 6) is 3.62. The maximum absolute atomic E-state index is 5.65. The Labute approximate surface area is 206 Å². The number of pyridine rings is 1. The van der Waals surface area contributed by atoms with Crippen molar-refractivity contribution < 1.29 is 0 Å². The first-order valence-electron chi connectivity index (χ1n) is 11.7. The summed E-state index contributed by atoms with van der Waals surface area (Å²) in [5.41, 5.74) is 7.89. The van der Waals surface area contributed by atoms with Crippen LogP contribution in [-0.4, -0.2) is 15.0 Å². The Morgan fingerprint density at radius 3 is 2.49 bits per heavy atom. The molecule has 3 heteroatoms. The lowest BCUT2D eigenvalue weighted by Crippen LogP contribution is -2.04. The van der Waals surface area contributed by atoms with Crippen molar-refractivity contribution in [3.63, 3.8) is 0 Å². The second kappa shape index (κ2) is 10.2. The highest BCUT2D eigenvalue weighted by Crippen LogP contribution is 2.31. The largest absolute Gasteiger partial charge is 0.256 e. The number of nitrogens with zero attached hydrogens (tertiary/aromatic N) is 3. The van der Waals surface area contributed by atoms with Crippen LogP contribution in [0.15, 0.2) is 109 Å². The summed E-state index contributed by atoms with van der Waals surface area (Å²) >= 11 is 0. The van der Waals surface area contributed by atoms with Gasteiger partial charge in [-0.1, -0.05) is 90.9 Å². The molecule has 3 nitrogen and oxygen atoms in total. The van der Waals surface area contributed by atoms with Gasteiger partial charge in [-0.25, -0.2) is 9.97 Å². The zero-order valence-corrected chi connectivity index (χ0v) is 19.6. The Kier molecular flexibility index (Phi) is 6.46. The molecule has 1 atom stereocenters. The third kappa shape index (κ3) is 4.88. The van der Waals surface area contributed by atoms with Crippen LogP contribution in [0.25, 0.3) is 28.2 Å². The Bertz CT molecular complexity index is 1470. The highest BCUT2D eigenvalue weighted by atomic mass is 14.9. The van der Waals surface area contributed by atoms with Crippen LogP contribution in [0.5, 0.6) is 0 Å². The molecule has 0 bridgehead atoms. The second-order valence-electron chi connectivity index (χ2n) is 8.49. The Morgan fingerprint density at radius 1 is 0.943 bits per heavy atom. The van der Waals surface area contributed by atoms with Gasteiger partial charge in [0.1, 0.15) is 0 Å². The minimum atomic E-state index is 0.237. The summed E-state index contributed by atoms with van der Waals surface area (Å²) in [6, 6.07) is 24.6. The van der Waals surface area contributed by atoms with E-state index in [1.54, 1.807) is 12.3 Å². The van der Waals surface area contributed by atoms with Gasteiger partial charge >= 0.3 is 0 Å². The summed E-state index contributed by atoms with van der Waals surface area (Å²) < 4.78 is 0. The molecule has 168 valence electrons. The molecular weight excluding hydrogens is 426 g/mol. The normalized spacial score (nSPS) is 15.1. The van der Waals surface area contributed by atoms with E-state index < -0.39 is 0 Å². The van der Waals surface area contributed by atoms with Crippen molar-refractivity contribution in [1.29, 1.82) is 0 Å². The van der Waals surface area contributed by atoms with E-state index in [2.05, 4.69) is 77.7 Å². The van der Waals surface area contributed by atoms with Crippen molar-refractivity contribution in [2.45, 2.75) is 19.3 Å². The van der Waals surface area contributed by atoms with E-state index in [4.69, 9.17) is 16.4 Å². The van der Waals surface area contributed by atoms with Crippen molar-refractivity contribution >= 4 is 5.57 Å². The summed E-state index contributed by atoms with van der Waals surface area (Å²) in [6.45, 7) is 2.04. The topological polar surface area (TPSA) is 38.7 Å². The molecule has 2 aromatic heterocycles. The fraction of sp³-hybridized carbons (Fsp3) is 0.0938. The quantitative estimate of drug-likeness (QED) is 0.302. The SMILES string of the molecule is C#CC=C(c1ccc(-c2nc(-c3ccccc3)cc(C3C=CC=CC3)n2)cc1)c1ncccc1C. The molecule has 2 heterocycles. The van der Waals surface area contributed by atoms with Crippen molar-refractivity contribution in [3.8, 4) is 35.0 Å². The van der Waals surface area contributed by atoms with Crippen molar-refractivity contribution in [3.05, 3.63) is 132 Å². The van der Waals surface area contributed by atoms with Crippen molar-refractivity contribution in [2.75, 3.05) is 0 Å². The summed E-state index contributed by atoms with van der Waals surface area (Å²) in [7, 11) is 0. The average Bonchev–Trinajstić information content (AvgIpc) is 2.93. The van der Waals surface area contributed by atoms with Gasteiger partial charge in [-0.05, 0) is 42.7 Å². The Hall–Kier alpha value is -4.55. The Morgan fingerprint density at radius 2 is 1.77 bits per heavy atom. The molecule has 4 aromatic rings. The van der Waals surface area contributed by atoms with Gasteiger partial charge in [0.2, 0.25) is 0 Å². The molecule has 2 aromatic carbocycles. The highest BCUT2D eigenvalue weighted by molar-refractivity contribution is 5.82. The van der Waals surface area contributed by atoms with Crippen LogP contribution in [-0.2, 0) is 0 Å². The fourth-order valence-corrected chi connectivity index (χ4v) is 4.28. The summed E-state index contributed by atoms with van der Waals surface area (Å²) in [5, 5.41) is 0. The lowest BCUT2D eigenvalue weighted by atomic mass is 9.95.